The minimum absolute atomic E-state index is 0.166. The minimum atomic E-state index is -0.166. The first kappa shape index (κ1) is 13.9. The van der Waals surface area contributed by atoms with Crippen molar-refractivity contribution in [2.75, 3.05) is 31.4 Å². The number of methoxy groups -OCH3 is 1. The van der Waals surface area contributed by atoms with Crippen molar-refractivity contribution in [1.29, 1.82) is 0 Å². The number of carbonyl (C=O) groups excluding carboxylic acids is 1. The highest BCUT2D eigenvalue weighted by Gasteiger charge is 2.08. The van der Waals surface area contributed by atoms with Gasteiger partial charge in [0.2, 0.25) is 5.88 Å². The van der Waals surface area contributed by atoms with Crippen molar-refractivity contribution >= 4 is 17.3 Å². The van der Waals surface area contributed by atoms with E-state index in [-0.39, 0.29) is 5.91 Å². The largest absolute Gasteiger partial charge is 0.481 e. The van der Waals surface area contributed by atoms with Crippen molar-refractivity contribution in [3.05, 3.63) is 48.2 Å². The number of ether oxygens (including phenoxy) is 1. The fourth-order valence-corrected chi connectivity index (χ4v) is 1.70. The topological polar surface area (TPSA) is 54.5 Å². The number of nitrogens with zero attached hydrogens (tertiary/aromatic N) is 2. The molecule has 2 rings (SSSR count). The molecule has 1 N–H and O–H groups in total. The molecule has 0 aliphatic rings. The molecular formula is C15H17N3O2. The quantitative estimate of drug-likeness (QED) is 0.927. The third-order valence-electron chi connectivity index (χ3n) is 2.83. The summed E-state index contributed by atoms with van der Waals surface area (Å²) in [7, 11) is 5.42. The molecule has 0 saturated carbocycles. The summed E-state index contributed by atoms with van der Waals surface area (Å²) >= 11 is 0. The minimum Gasteiger partial charge on any atom is -0.481 e. The van der Waals surface area contributed by atoms with Crippen LogP contribution in [-0.2, 0) is 0 Å². The SMILES string of the molecule is COc1ccc(NC(=O)c2cccc(N(C)C)c2)cn1. The predicted octanol–water partition coefficient (Wildman–Crippen LogP) is 2.41. The van der Waals surface area contributed by atoms with Gasteiger partial charge in [0.1, 0.15) is 0 Å². The first-order chi connectivity index (χ1) is 9.60. The van der Waals surface area contributed by atoms with Crippen LogP contribution in [0.1, 0.15) is 10.4 Å². The third-order valence-corrected chi connectivity index (χ3v) is 2.83. The van der Waals surface area contributed by atoms with E-state index in [0.717, 1.165) is 5.69 Å². The van der Waals surface area contributed by atoms with Gasteiger partial charge in [-0.05, 0) is 24.3 Å². The van der Waals surface area contributed by atoms with E-state index in [1.807, 2.05) is 37.2 Å². The fourth-order valence-electron chi connectivity index (χ4n) is 1.70. The number of anilines is 2. The van der Waals surface area contributed by atoms with Gasteiger partial charge >= 0.3 is 0 Å². The highest BCUT2D eigenvalue weighted by atomic mass is 16.5. The van der Waals surface area contributed by atoms with Gasteiger partial charge in [0, 0.05) is 31.4 Å². The Morgan fingerprint density at radius 3 is 2.65 bits per heavy atom. The summed E-state index contributed by atoms with van der Waals surface area (Å²) in [5.74, 6) is 0.346. The molecule has 0 spiro atoms. The second-order valence-electron chi connectivity index (χ2n) is 4.49. The van der Waals surface area contributed by atoms with Gasteiger partial charge in [-0.25, -0.2) is 4.98 Å². The molecule has 0 fully saturated rings. The number of aromatic nitrogens is 1. The Morgan fingerprint density at radius 1 is 1.25 bits per heavy atom. The maximum Gasteiger partial charge on any atom is 0.255 e. The number of amides is 1. The van der Waals surface area contributed by atoms with E-state index in [1.54, 1.807) is 31.5 Å². The number of nitrogens with one attached hydrogen (secondary N) is 1. The zero-order valence-corrected chi connectivity index (χ0v) is 11.8. The number of carbonyl (C=O) groups is 1. The summed E-state index contributed by atoms with van der Waals surface area (Å²) in [4.78, 5) is 18.1. The first-order valence-electron chi connectivity index (χ1n) is 6.19. The predicted molar refractivity (Wildman–Crippen MR) is 79.5 cm³/mol. The highest BCUT2D eigenvalue weighted by Crippen LogP contribution is 2.16. The van der Waals surface area contributed by atoms with Crippen LogP contribution < -0.4 is 15.0 Å². The number of benzene rings is 1. The molecular weight excluding hydrogens is 254 g/mol. The molecule has 1 heterocycles. The summed E-state index contributed by atoms with van der Waals surface area (Å²) in [6.07, 6.45) is 1.56. The van der Waals surface area contributed by atoms with Gasteiger partial charge in [-0.1, -0.05) is 6.07 Å². The Morgan fingerprint density at radius 2 is 2.05 bits per heavy atom. The van der Waals surface area contributed by atoms with E-state index in [1.165, 1.54) is 0 Å². The molecule has 20 heavy (non-hydrogen) atoms. The zero-order valence-electron chi connectivity index (χ0n) is 11.8. The van der Waals surface area contributed by atoms with Crippen molar-refractivity contribution < 1.29 is 9.53 Å². The Kier molecular flexibility index (Phi) is 4.20. The Hall–Kier alpha value is -2.56. The summed E-state index contributed by atoms with van der Waals surface area (Å²) in [6, 6.07) is 10.9. The molecule has 1 aromatic heterocycles. The Bertz CT molecular complexity index is 594. The first-order valence-corrected chi connectivity index (χ1v) is 6.19. The van der Waals surface area contributed by atoms with Gasteiger partial charge in [0.15, 0.2) is 0 Å². The van der Waals surface area contributed by atoms with Crippen molar-refractivity contribution in [3.63, 3.8) is 0 Å². The lowest BCUT2D eigenvalue weighted by molar-refractivity contribution is 0.102. The number of hydrogen-bond acceptors (Lipinski definition) is 4. The van der Waals surface area contributed by atoms with Gasteiger partial charge in [0.25, 0.3) is 5.91 Å². The van der Waals surface area contributed by atoms with Gasteiger partial charge in [0.05, 0.1) is 19.0 Å². The third kappa shape index (κ3) is 3.26. The maximum absolute atomic E-state index is 12.2. The molecule has 1 amide bonds. The van der Waals surface area contributed by atoms with Gasteiger partial charge in [-0.15, -0.1) is 0 Å². The second-order valence-corrected chi connectivity index (χ2v) is 4.49. The average Bonchev–Trinajstić information content (AvgIpc) is 2.48. The summed E-state index contributed by atoms with van der Waals surface area (Å²) in [5.41, 5.74) is 2.21. The van der Waals surface area contributed by atoms with Gasteiger partial charge in [-0.2, -0.15) is 0 Å². The van der Waals surface area contributed by atoms with Crippen molar-refractivity contribution in [2.24, 2.45) is 0 Å². The molecule has 5 heteroatoms. The summed E-state index contributed by atoms with van der Waals surface area (Å²) in [5, 5.41) is 2.80. The Labute approximate surface area is 118 Å². The number of hydrogen-bond donors (Lipinski definition) is 1. The number of rotatable bonds is 4. The molecule has 0 unspecified atom stereocenters. The molecule has 104 valence electrons. The van der Waals surface area contributed by atoms with Crippen LogP contribution in [-0.4, -0.2) is 32.1 Å². The summed E-state index contributed by atoms with van der Waals surface area (Å²) in [6.45, 7) is 0. The Balaban J connectivity index is 2.12. The van der Waals surface area contributed by atoms with Crippen molar-refractivity contribution in [1.82, 2.24) is 4.98 Å². The molecule has 2 aromatic rings. The molecule has 0 saturated heterocycles. The summed E-state index contributed by atoms with van der Waals surface area (Å²) < 4.78 is 4.97. The maximum atomic E-state index is 12.2. The van der Waals surface area contributed by atoms with E-state index in [0.29, 0.717) is 17.1 Å². The van der Waals surface area contributed by atoms with Crippen LogP contribution in [0, 0.1) is 0 Å². The van der Waals surface area contributed by atoms with Crippen LogP contribution in [0.5, 0.6) is 5.88 Å². The van der Waals surface area contributed by atoms with Crippen molar-refractivity contribution in [3.8, 4) is 5.88 Å². The van der Waals surface area contributed by atoms with E-state index >= 15 is 0 Å². The monoisotopic (exact) mass is 271 g/mol. The highest BCUT2D eigenvalue weighted by molar-refractivity contribution is 6.04. The molecule has 0 bridgehead atoms. The second kappa shape index (κ2) is 6.06. The van der Waals surface area contributed by atoms with Crippen LogP contribution in [0.15, 0.2) is 42.6 Å². The van der Waals surface area contributed by atoms with Gasteiger partial charge < -0.3 is 15.0 Å². The van der Waals surface area contributed by atoms with E-state index in [2.05, 4.69) is 10.3 Å². The standard InChI is InChI=1S/C15H17N3O2/c1-18(2)13-6-4-5-11(9-13)15(19)17-12-7-8-14(20-3)16-10-12/h4-10H,1-3H3,(H,17,19). The average molecular weight is 271 g/mol. The van der Waals surface area contributed by atoms with Crippen LogP contribution in [0.2, 0.25) is 0 Å². The number of pyridine rings is 1. The lowest BCUT2D eigenvalue weighted by Gasteiger charge is -2.13. The van der Waals surface area contributed by atoms with Crippen LogP contribution in [0.4, 0.5) is 11.4 Å². The van der Waals surface area contributed by atoms with Crippen molar-refractivity contribution in [2.45, 2.75) is 0 Å². The molecule has 0 radical (unpaired) electrons. The lowest BCUT2D eigenvalue weighted by Crippen LogP contribution is -2.14. The van der Waals surface area contributed by atoms with E-state index < -0.39 is 0 Å². The molecule has 0 aliphatic carbocycles. The van der Waals surface area contributed by atoms with Crippen LogP contribution in [0.3, 0.4) is 0 Å². The normalized spacial score (nSPS) is 9.95. The lowest BCUT2D eigenvalue weighted by atomic mass is 10.2. The molecule has 0 aliphatic heterocycles. The molecule has 5 nitrogen and oxygen atoms in total. The van der Waals surface area contributed by atoms with Crippen LogP contribution >= 0.6 is 0 Å². The van der Waals surface area contributed by atoms with E-state index in [9.17, 15) is 4.79 Å². The van der Waals surface area contributed by atoms with Crippen LogP contribution in [0.25, 0.3) is 0 Å². The molecule has 0 atom stereocenters. The van der Waals surface area contributed by atoms with Gasteiger partial charge in [-0.3, -0.25) is 4.79 Å². The zero-order chi connectivity index (χ0) is 14.5. The smallest absolute Gasteiger partial charge is 0.255 e. The fraction of sp³-hybridized carbons (Fsp3) is 0.200. The molecule has 1 aromatic carbocycles. The van der Waals surface area contributed by atoms with E-state index in [4.69, 9.17) is 4.74 Å².